The predicted molar refractivity (Wildman–Crippen MR) is 124 cm³/mol. The van der Waals surface area contributed by atoms with E-state index in [1.54, 1.807) is 0 Å². The van der Waals surface area contributed by atoms with Gasteiger partial charge in [-0.25, -0.2) is 0 Å². The van der Waals surface area contributed by atoms with Crippen LogP contribution >= 0.6 is 11.5 Å². The van der Waals surface area contributed by atoms with Gasteiger partial charge in [-0.2, -0.15) is 0 Å². The topological polar surface area (TPSA) is 71.8 Å². The summed E-state index contributed by atoms with van der Waals surface area (Å²) in [6.07, 6.45) is 10.2. The number of hydrogen-bond acceptors (Lipinski definition) is 4. The molecule has 0 unspecified atom stereocenters. The van der Waals surface area contributed by atoms with Gasteiger partial charge in [0.25, 0.3) is 0 Å². The van der Waals surface area contributed by atoms with Crippen molar-refractivity contribution in [3.8, 4) is 0 Å². The van der Waals surface area contributed by atoms with E-state index in [1.165, 1.54) is 35.5 Å². The van der Waals surface area contributed by atoms with Crippen LogP contribution in [0.5, 0.6) is 0 Å². The van der Waals surface area contributed by atoms with Gasteiger partial charge in [0.1, 0.15) is 0 Å². The van der Waals surface area contributed by atoms with Crippen molar-refractivity contribution in [3.63, 3.8) is 0 Å². The zero-order chi connectivity index (χ0) is 20.8. The summed E-state index contributed by atoms with van der Waals surface area (Å²) in [4.78, 5) is 12.3. The van der Waals surface area contributed by atoms with Crippen LogP contribution in [0.3, 0.4) is 0 Å². The first kappa shape index (κ1) is 20.3. The molecule has 5 nitrogen and oxygen atoms in total. The molecule has 1 heterocycles. The van der Waals surface area contributed by atoms with Gasteiger partial charge >= 0.3 is 11.2 Å². The molecule has 1 aliphatic rings. The molecule has 1 saturated carbocycles. The SMILES string of the molecule is N=[N+](CC1CCCCC1)c1c(Nc2ccc(C=Cc3ccccc3)cc2)s[nH]c1=O. The van der Waals surface area contributed by atoms with Crippen LogP contribution in [0.4, 0.5) is 16.4 Å². The van der Waals surface area contributed by atoms with Crippen molar-refractivity contribution in [1.29, 1.82) is 5.53 Å². The van der Waals surface area contributed by atoms with E-state index in [0.29, 0.717) is 23.2 Å². The fourth-order valence-corrected chi connectivity index (χ4v) is 4.67. The van der Waals surface area contributed by atoms with Gasteiger partial charge in [0, 0.05) is 11.6 Å². The third-order valence-corrected chi connectivity index (χ3v) is 6.33. The minimum atomic E-state index is -0.198. The molecule has 0 radical (unpaired) electrons. The van der Waals surface area contributed by atoms with Crippen LogP contribution in [0, 0.1) is 11.4 Å². The average molecular weight is 420 g/mol. The number of rotatable bonds is 7. The molecule has 0 saturated heterocycles. The van der Waals surface area contributed by atoms with Crippen molar-refractivity contribution >= 4 is 40.1 Å². The molecule has 30 heavy (non-hydrogen) atoms. The number of H-pyrrole nitrogens is 1. The lowest BCUT2D eigenvalue weighted by molar-refractivity contribution is -0.543. The molecular formula is C24H27N4OS+. The summed E-state index contributed by atoms with van der Waals surface area (Å²) in [5.41, 5.74) is 11.8. The van der Waals surface area contributed by atoms with Crippen LogP contribution in [0.2, 0.25) is 0 Å². The summed E-state index contributed by atoms with van der Waals surface area (Å²) < 4.78 is 4.16. The fourth-order valence-electron chi connectivity index (χ4n) is 3.91. The molecule has 0 amide bonds. The quantitative estimate of drug-likeness (QED) is 0.229. The first-order valence-electron chi connectivity index (χ1n) is 10.5. The summed E-state index contributed by atoms with van der Waals surface area (Å²) in [5, 5.41) is 4.01. The van der Waals surface area contributed by atoms with E-state index in [1.807, 2.05) is 42.5 Å². The van der Waals surface area contributed by atoms with E-state index >= 15 is 0 Å². The lowest BCUT2D eigenvalue weighted by atomic mass is 9.89. The van der Waals surface area contributed by atoms with E-state index in [-0.39, 0.29) is 5.56 Å². The largest absolute Gasteiger partial charge is 0.340 e. The van der Waals surface area contributed by atoms with E-state index in [9.17, 15) is 4.79 Å². The monoisotopic (exact) mass is 419 g/mol. The van der Waals surface area contributed by atoms with Gasteiger partial charge in [-0.05, 0) is 47.6 Å². The number of nitrogens with one attached hydrogen (secondary N) is 3. The molecule has 0 spiro atoms. The van der Waals surface area contributed by atoms with Crippen LogP contribution in [-0.4, -0.2) is 15.6 Å². The lowest BCUT2D eigenvalue weighted by Crippen LogP contribution is -2.21. The number of aromatic amines is 1. The summed E-state index contributed by atoms with van der Waals surface area (Å²) >= 11 is 1.25. The molecule has 0 bridgehead atoms. The highest BCUT2D eigenvalue weighted by Gasteiger charge is 2.27. The van der Waals surface area contributed by atoms with Crippen molar-refractivity contribution in [2.45, 2.75) is 32.1 Å². The third-order valence-electron chi connectivity index (χ3n) is 5.55. The number of anilines is 2. The highest BCUT2D eigenvalue weighted by molar-refractivity contribution is 7.10. The Labute approximate surface area is 180 Å². The predicted octanol–water partition coefficient (Wildman–Crippen LogP) is 6.61. The second-order valence-corrected chi connectivity index (χ2v) is 8.63. The Morgan fingerprint density at radius 3 is 2.37 bits per heavy atom. The van der Waals surface area contributed by atoms with Crippen LogP contribution in [0.1, 0.15) is 43.2 Å². The average Bonchev–Trinajstić information content (AvgIpc) is 3.14. The van der Waals surface area contributed by atoms with Crippen LogP contribution in [-0.2, 0) is 0 Å². The van der Waals surface area contributed by atoms with Gasteiger partial charge in [-0.15, -0.1) is 0 Å². The second-order valence-electron chi connectivity index (χ2n) is 7.82. The van der Waals surface area contributed by atoms with Crippen molar-refractivity contribution in [3.05, 3.63) is 76.1 Å². The first-order chi connectivity index (χ1) is 14.7. The zero-order valence-electron chi connectivity index (χ0n) is 16.9. The highest BCUT2D eigenvalue weighted by atomic mass is 32.1. The molecule has 1 aliphatic carbocycles. The molecule has 0 atom stereocenters. The van der Waals surface area contributed by atoms with E-state index in [2.05, 4.69) is 34.0 Å². The van der Waals surface area contributed by atoms with Gasteiger partial charge in [-0.3, -0.25) is 9.17 Å². The molecule has 3 N–H and O–H groups in total. The molecule has 154 valence electrons. The molecule has 1 aromatic heterocycles. The smallest absolute Gasteiger partial charge is 0.334 e. The van der Waals surface area contributed by atoms with Crippen molar-refractivity contribution in [2.24, 2.45) is 5.92 Å². The number of aromatic nitrogens is 1. The van der Waals surface area contributed by atoms with Gasteiger partial charge < -0.3 is 5.32 Å². The number of nitrogens with zero attached hydrogens (tertiary/aromatic N) is 1. The number of hydrogen-bond donors (Lipinski definition) is 3. The Kier molecular flexibility index (Phi) is 6.54. The number of benzene rings is 2. The Bertz CT molecular complexity index is 1060. The molecule has 3 aromatic rings. The van der Waals surface area contributed by atoms with Crippen LogP contribution in [0.15, 0.2) is 59.4 Å². The fraction of sp³-hybridized carbons (Fsp3) is 0.292. The van der Waals surface area contributed by atoms with Gasteiger partial charge in [0.15, 0.2) is 11.5 Å². The highest BCUT2D eigenvalue weighted by Crippen LogP contribution is 2.31. The molecule has 6 heteroatoms. The second kappa shape index (κ2) is 9.67. The van der Waals surface area contributed by atoms with Gasteiger partial charge in [-0.1, -0.05) is 84.1 Å². The summed E-state index contributed by atoms with van der Waals surface area (Å²) in [7, 11) is 0. The van der Waals surface area contributed by atoms with Crippen LogP contribution in [0.25, 0.3) is 12.2 Å². The first-order valence-corrected chi connectivity index (χ1v) is 11.3. The van der Waals surface area contributed by atoms with Crippen molar-refractivity contribution in [1.82, 2.24) is 4.37 Å². The Morgan fingerprint density at radius 2 is 1.67 bits per heavy atom. The minimum absolute atomic E-state index is 0.198. The maximum absolute atomic E-state index is 12.3. The summed E-state index contributed by atoms with van der Waals surface area (Å²) in [6, 6.07) is 18.3. The standard InChI is InChI=1S/C24H26N4OS/c25-28(17-20-9-5-2-6-10-20)22-23(29)27-30-24(22)26-21-15-13-19(14-16-21)12-11-18-7-3-1-4-8-18/h1,3-4,7-8,11-16,20H,2,5-6,9-10,17H2,(H2-,25,26,27,29)/p+1. The molecule has 1 fully saturated rings. The molecular weight excluding hydrogens is 392 g/mol. The third kappa shape index (κ3) is 5.13. The van der Waals surface area contributed by atoms with E-state index < -0.39 is 0 Å². The van der Waals surface area contributed by atoms with Gasteiger partial charge in [0.2, 0.25) is 0 Å². The Balaban J connectivity index is 1.43. The van der Waals surface area contributed by atoms with Gasteiger partial charge in [0.05, 0.1) is 0 Å². The zero-order valence-corrected chi connectivity index (χ0v) is 17.8. The van der Waals surface area contributed by atoms with E-state index in [0.717, 1.165) is 29.7 Å². The maximum Gasteiger partial charge on any atom is 0.334 e. The van der Waals surface area contributed by atoms with Crippen LogP contribution < -0.4 is 10.9 Å². The van der Waals surface area contributed by atoms with Crippen molar-refractivity contribution < 1.29 is 4.70 Å². The molecule has 2 aromatic carbocycles. The summed E-state index contributed by atoms with van der Waals surface area (Å²) in [5.74, 6) is 0.499. The van der Waals surface area contributed by atoms with Crippen molar-refractivity contribution in [2.75, 3.05) is 11.9 Å². The Hall–Kier alpha value is -2.99. The minimum Gasteiger partial charge on any atom is -0.340 e. The lowest BCUT2D eigenvalue weighted by Gasteiger charge is -2.18. The molecule has 0 aliphatic heterocycles. The molecule has 4 rings (SSSR count). The normalized spacial score (nSPS) is 14.8. The maximum atomic E-state index is 12.3. The van der Waals surface area contributed by atoms with E-state index in [4.69, 9.17) is 5.53 Å². The Morgan fingerprint density at radius 1 is 1.00 bits per heavy atom. The summed E-state index contributed by atoms with van der Waals surface area (Å²) in [6.45, 7) is 0.609.